The Bertz CT molecular complexity index is 153. The van der Waals surface area contributed by atoms with Crippen LogP contribution in [0.3, 0.4) is 0 Å². The third-order valence-corrected chi connectivity index (χ3v) is 4.69. The van der Waals surface area contributed by atoms with Crippen molar-refractivity contribution in [2.45, 2.75) is 150 Å². The molecule has 0 saturated carbocycles. The second-order valence-electron chi connectivity index (χ2n) is 7.70. The Balaban J connectivity index is -0.000000146. The summed E-state index contributed by atoms with van der Waals surface area (Å²) in [5.41, 5.74) is 0. The van der Waals surface area contributed by atoms with Crippen LogP contribution in [-0.2, 0) is 0 Å². The third kappa shape index (κ3) is 51.8. The maximum atomic E-state index is 3.16. The molecule has 0 aromatic carbocycles. The van der Waals surface area contributed by atoms with Crippen molar-refractivity contribution in [3.05, 3.63) is 0 Å². The molecule has 1 N–H and O–H groups in total. The minimum atomic E-state index is 0. The fourth-order valence-corrected chi connectivity index (χ4v) is 2.79. The highest BCUT2D eigenvalue weighted by Crippen LogP contribution is 2.04. The van der Waals surface area contributed by atoms with Gasteiger partial charge in [0.25, 0.3) is 0 Å². The summed E-state index contributed by atoms with van der Waals surface area (Å²) in [5, 5.41) is 3.16. The first kappa shape index (κ1) is 34.5. The summed E-state index contributed by atoms with van der Waals surface area (Å²) in [4.78, 5) is 0. The lowest BCUT2D eigenvalue weighted by Crippen LogP contribution is -2.06. The van der Waals surface area contributed by atoms with E-state index in [2.05, 4.69) is 39.9 Å². The van der Waals surface area contributed by atoms with E-state index in [1.54, 1.807) is 0 Å². The van der Waals surface area contributed by atoms with Crippen LogP contribution in [0.4, 0.5) is 0 Å². The van der Waals surface area contributed by atoms with Crippen LogP contribution in [-0.4, -0.2) is 22.0 Å². The zero-order valence-electron chi connectivity index (χ0n) is 20.5. The van der Waals surface area contributed by atoms with Gasteiger partial charge in [0.15, 0.2) is 0 Å². The van der Waals surface area contributed by atoms with E-state index in [4.69, 9.17) is 0 Å². The van der Waals surface area contributed by atoms with Crippen LogP contribution in [0.15, 0.2) is 0 Å². The highest BCUT2D eigenvalue weighted by atomic mass is 14.8. The van der Waals surface area contributed by atoms with E-state index in [0.29, 0.717) is 0 Å². The Morgan fingerprint density at radius 3 is 0.815 bits per heavy atom. The number of unbranched alkanes of at least 4 members (excludes halogenated alkanes) is 15. The van der Waals surface area contributed by atoms with Crippen LogP contribution in [0.1, 0.15) is 150 Å². The Hall–Kier alpha value is 0.0249. The van der Waals surface area contributed by atoms with Gasteiger partial charge in [-0.15, -0.1) is 0 Å². The van der Waals surface area contributed by atoms with Gasteiger partial charge in [-0.2, -0.15) is 0 Å². The molecule has 0 aromatic rings. The third-order valence-electron chi connectivity index (χ3n) is 4.69. The highest BCUT2D eigenvalue weighted by Gasteiger charge is 1.87. The quantitative estimate of drug-likeness (QED) is 0.195. The second-order valence-corrected chi connectivity index (χ2v) is 7.70. The van der Waals surface area contributed by atoms with E-state index in [1.165, 1.54) is 122 Å². The second kappa shape index (κ2) is 40.6. The topological polar surface area (TPSA) is 12.0 Å². The van der Waals surface area contributed by atoms with Crippen LogP contribution < -0.4 is 5.32 Å². The van der Waals surface area contributed by atoms with E-state index in [9.17, 15) is 0 Å². The molecule has 0 rings (SSSR count). The van der Waals surface area contributed by atoms with E-state index in [-0.39, 0.29) is 8.41 Å². The van der Waals surface area contributed by atoms with E-state index in [1.807, 2.05) is 7.05 Å². The maximum absolute atomic E-state index is 3.16. The van der Waals surface area contributed by atoms with Crippen LogP contribution in [0, 0.1) is 0 Å². The van der Waals surface area contributed by atoms with E-state index in [0.717, 1.165) is 0 Å². The number of rotatable bonds is 17. The van der Waals surface area contributed by atoms with Gasteiger partial charge in [0.2, 0.25) is 0 Å². The largest absolute Gasteiger partial charge is 0.320 e. The molecule has 0 unspecified atom stereocenters. The molecular formula is C25H57BN. The Kier molecular flexibility index (Phi) is 52.0. The molecule has 0 aromatic heterocycles. The van der Waals surface area contributed by atoms with Crippen LogP contribution in [0.5, 0.6) is 0 Å². The van der Waals surface area contributed by atoms with Gasteiger partial charge in [0.1, 0.15) is 0 Å². The first-order valence-corrected chi connectivity index (χ1v) is 12.4. The Morgan fingerprint density at radius 1 is 0.370 bits per heavy atom. The predicted octanol–water partition coefficient (Wildman–Crippen LogP) is 8.92. The summed E-state index contributed by atoms with van der Waals surface area (Å²) in [6.45, 7) is 12.5. The van der Waals surface area contributed by atoms with Crippen molar-refractivity contribution in [2.24, 2.45) is 0 Å². The summed E-state index contributed by atoms with van der Waals surface area (Å²) < 4.78 is 0. The Labute approximate surface area is 177 Å². The molecule has 3 radical (unpaired) electrons. The average molecular weight is 383 g/mol. The first-order valence-electron chi connectivity index (χ1n) is 12.4. The zero-order valence-corrected chi connectivity index (χ0v) is 20.5. The molecule has 0 bridgehead atoms. The molecule has 27 heavy (non-hydrogen) atoms. The maximum Gasteiger partial charge on any atom is 0 e. The molecule has 0 fully saturated rings. The number of nitrogens with one attached hydrogen (secondary N) is 1. The van der Waals surface area contributed by atoms with E-state index >= 15 is 0 Å². The standard InChI is InChI=1S/C9H21N.2C8H18.B/c1-3-4-5-6-7-8-9-10-2;2*1-3-5-7-8-6-4-2;/h10H,3-9H2,1-2H3;2*3-8H2,1-2H3;. The van der Waals surface area contributed by atoms with Gasteiger partial charge in [-0.3, -0.25) is 0 Å². The minimum Gasteiger partial charge on any atom is -0.320 e. The van der Waals surface area contributed by atoms with E-state index < -0.39 is 0 Å². The van der Waals surface area contributed by atoms with Gasteiger partial charge >= 0.3 is 0 Å². The highest BCUT2D eigenvalue weighted by molar-refractivity contribution is 5.75. The van der Waals surface area contributed by atoms with Crippen LogP contribution in [0.2, 0.25) is 0 Å². The SMILES string of the molecule is CCCCCCCC.CCCCCCCC.CCCCCCCCNC.[B]. The predicted molar refractivity (Wildman–Crippen MR) is 131 cm³/mol. The van der Waals surface area contributed by atoms with Gasteiger partial charge in [-0.05, 0) is 20.0 Å². The normalized spacial score (nSPS) is 9.56. The molecular weight excluding hydrogens is 325 g/mol. The molecule has 1 nitrogen and oxygen atoms in total. The smallest absolute Gasteiger partial charge is 0 e. The minimum absolute atomic E-state index is 0. The summed E-state index contributed by atoms with van der Waals surface area (Å²) in [6, 6.07) is 0. The lowest BCUT2D eigenvalue weighted by atomic mass is 10.1. The molecule has 165 valence electrons. The Morgan fingerprint density at radius 2 is 0.593 bits per heavy atom. The lowest BCUT2D eigenvalue weighted by molar-refractivity contribution is 0.592. The summed E-state index contributed by atoms with van der Waals surface area (Å²) in [6.07, 6.45) is 25.4. The molecule has 0 atom stereocenters. The van der Waals surface area contributed by atoms with Crippen molar-refractivity contribution in [1.82, 2.24) is 5.32 Å². The van der Waals surface area contributed by atoms with Crippen molar-refractivity contribution >= 4 is 8.41 Å². The van der Waals surface area contributed by atoms with Crippen molar-refractivity contribution < 1.29 is 0 Å². The molecule has 0 amide bonds. The molecule has 0 aliphatic carbocycles. The lowest BCUT2D eigenvalue weighted by Gasteiger charge is -1.98. The van der Waals surface area contributed by atoms with Crippen LogP contribution >= 0.6 is 0 Å². The zero-order chi connectivity index (χ0) is 20.1. The number of hydrogen-bond donors (Lipinski definition) is 1. The van der Waals surface area contributed by atoms with Gasteiger partial charge in [-0.25, -0.2) is 0 Å². The molecule has 0 aliphatic heterocycles. The summed E-state index contributed by atoms with van der Waals surface area (Å²) in [7, 11) is 2.02. The van der Waals surface area contributed by atoms with Gasteiger partial charge < -0.3 is 5.32 Å². The van der Waals surface area contributed by atoms with Crippen molar-refractivity contribution in [3.8, 4) is 0 Å². The molecule has 0 heterocycles. The van der Waals surface area contributed by atoms with Crippen molar-refractivity contribution in [3.63, 3.8) is 0 Å². The van der Waals surface area contributed by atoms with Crippen molar-refractivity contribution in [2.75, 3.05) is 13.6 Å². The van der Waals surface area contributed by atoms with Gasteiger partial charge in [-0.1, -0.05) is 144 Å². The van der Waals surface area contributed by atoms with Gasteiger partial charge in [0, 0.05) is 8.41 Å². The fourth-order valence-electron chi connectivity index (χ4n) is 2.79. The molecule has 0 saturated heterocycles. The average Bonchev–Trinajstić information content (AvgIpc) is 2.66. The summed E-state index contributed by atoms with van der Waals surface area (Å²) >= 11 is 0. The van der Waals surface area contributed by atoms with Gasteiger partial charge in [0.05, 0.1) is 0 Å². The fraction of sp³-hybridized carbons (Fsp3) is 1.00. The molecule has 0 aliphatic rings. The molecule has 2 heteroatoms. The monoisotopic (exact) mass is 382 g/mol. The number of hydrogen-bond acceptors (Lipinski definition) is 1. The van der Waals surface area contributed by atoms with Crippen LogP contribution in [0.25, 0.3) is 0 Å². The van der Waals surface area contributed by atoms with Crippen molar-refractivity contribution in [1.29, 1.82) is 0 Å². The molecule has 0 spiro atoms. The summed E-state index contributed by atoms with van der Waals surface area (Å²) in [5.74, 6) is 0. The first-order chi connectivity index (χ1) is 12.7.